The number of ether oxygens (including phenoxy) is 1. The van der Waals surface area contributed by atoms with Crippen LogP contribution in [0.25, 0.3) is 0 Å². The quantitative estimate of drug-likeness (QED) is 0.838. The van der Waals surface area contributed by atoms with Gasteiger partial charge in [0.2, 0.25) is 0 Å². The van der Waals surface area contributed by atoms with Crippen LogP contribution in [0.2, 0.25) is 0 Å². The van der Waals surface area contributed by atoms with Gasteiger partial charge in [0.15, 0.2) is 6.61 Å². The minimum absolute atomic E-state index is 0.00259. The van der Waals surface area contributed by atoms with Gasteiger partial charge >= 0.3 is 0 Å². The van der Waals surface area contributed by atoms with Gasteiger partial charge in [-0.05, 0) is 62.4 Å². The maximum Gasteiger partial charge on any atom is 0.260 e. The normalized spacial score (nSPS) is 14.6. The van der Waals surface area contributed by atoms with Gasteiger partial charge in [0.05, 0.1) is 5.56 Å². The molecular formula is C23H27FN2O3. The number of carbonyl (C=O) groups is 2. The van der Waals surface area contributed by atoms with Crippen molar-refractivity contribution < 1.29 is 18.7 Å². The van der Waals surface area contributed by atoms with Gasteiger partial charge in [0, 0.05) is 19.1 Å². The summed E-state index contributed by atoms with van der Waals surface area (Å²) >= 11 is 0. The monoisotopic (exact) mass is 398 g/mol. The summed E-state index contributed by atoms with van der Waals surface area (Å²) in [6.45, 7) is 7.05. The summed E-state index contributed by atoms with van der Waals surface area (Å²) in [6.07, 6.45) is 1.27. The van der Waals surface area contributed by atoms with Crippen molar-refractivity contribution in [3.05, 3.63) is 64.5 Å². The first-order valence-electron chi connectivity index (χ1n) is 9.89. The topological polar surface area (TPSA) is 58.6 Å². The molecule has 0 aromatic heterocycles. The molecule has 0 saturated carbocycles. The van der Waals surface area contributed by atoms with Crippen LogP contribution in [0.4, 0.5) is 4.39 Å². The highest BCUT2D eigenvalue weighted by molar-refractivity contribution is 5.94. The molecule has 1 aliphatic rings. The Morgan fingerprint density at radius 1 is 1.07 bits per heavy atom. The number of carbonyl (C=O) groups excluding carboxylic acids is 2. The molecule has 6 heteroatoms. The number of hydrogen-bond donors (Lipinski definition) is 1. The number of nitrogens with one attached hydrogen (secondary N) is 1. The number of benzene rings is 2. The highest BCUT2D eigenvalue weighted by Gasteiger charge is 2.25. The van der Waals surface area contributed by atoms with Crippen LogP contribution in [0.5, 0.6) is 5.75 Å². The first-order valence-corrected chi connectivity index (χ1v) is 9.89. The third-order valence-corrected chi connectivity index (χ3v) is 5.51. The number of rotatable bonds is 5. The molecule has 5 nitrogen and oxygen atoms in total. The molecule has 0 unspecified atom stereocenters. The van der Waals surface area contributed by atoms with Gasteiger partial charge < -0.3 is 15.0 Å². The molecule has 0 aliphatic carbocycles. The zero-order valence-corrected chi connectivity index (χ0v) is 17.1. The molecule has 2 aromatic rings. The minimum Gasteiger partial charge on any atom is -0.483 e. The number of aryl methyl sites for hydroxylation is 2. The number of hydrogen-bond acceptors (Lipinski definition) is 3. The molecule has 0 atom stereocenters. The Kier molecular flexibility index (Phi) is 6.52. The third kappa shape index (κ3) is 4.94. The summed E-state index contributed by atoms with van der Waals surface area (Å²) in [5.74, 6) is -0.243. The number of amides is 2. The molecule has 3 rings (SSSR count). The van der Waals surface area contributed by atoms with Gasteiger partial charge in [-0.2, -0.15) is 0 Å². The average molecular weight is 398 g/mol. The van der Waals surface area contributed by atoms with E-state index >= 15 is 0 Å². The molecule has 0 radical (unpaired) electrons. The Bertz CT molecular complexity index is 905. The molecule has 2 amide bonds. The van der Waals surface area contributed by atoms with E-state index in [2.05, 4.69) is 5.32 Å². The van der Waals surface area contributed by atoms with E-state index in [0.29, 0.717) is 25.9 Å². The first kappa shape index (κ1) is 20.8. The van der Waals surface area contributed by atoms with Crippen LogP contribution in [0, 0.1) is 26.6 Å². The van der Waals surface area contributed by atoms with Gasteiger partial charge in [-0.25, -0.2) is 4.39 Å². The van der Waals surface area contributed by atoms with E-state index in [1.54, 1.807) is 17.0 Å². The Labute approximate surface area is 170 Å². The van der Waals surface area contributed by atoms with Crippen molar-refractivity contribution in [2.75, 3.05) is 19.7 Å². The lowest BCUT2D eigenvalue weighted by Crippen LogP contribution is -2.47. The van der Waals surface area contributed by atoms with Crippen LogP contribution in [0.1, 0.15) is 39.9 Å². The second-order valence-corrected chi connectivity index (χ2v) is 7.55. The number of halogens is 1. The molecule has 1 aliphatic heterocycles. The SMILES string of the molecule is Cc1ccc(C)c(OCC(=O)N2CCC(NC(=O)c3ccccc3F)CC2)c1C. The third-order valence-electron chi connectivity index (χ3n) is 5.51. The smallest absolute Gasteiger partial charge is 0.260 e. The zero-order chi connectivity index (χ0) is 21.0. The Morgan fingerprint density at radius 3 is 2.41 bits per heavy atom. The molecule has 29 heavy (non-hydrogen) atoms. The fourth-order valence-corrected chi connectivity index (χ4v) is 3.55. The van der Waals surface area contributed by atoms with Crippen molar-refractivity contribution in [1.29, 1.82) is 0 Å². The molecule has 0 bridgehead atoms. The Morgan fingerprint density at radius 2 is 1.72 bits per heavy atom. The van der Waals surface area contributed by atoms with E-state index in [-0.39, 0.29) is 24.1 Å². The molecule has 1 saturated heterocycles. The predicted molar refractivity (Wildman–Crippen MR) is 110 cm³/mol. The van der Waals surface area contributed by atoms with Crippen LogP contribution < -0.4 is 10.1 Å². The van der Waals surface area contributed by atoms with Gasteiger partial charge in [0.1, 0.15) is 11.6 Å². The number of piperidine rings is 1. The van der Waals surface area contributed by atoms with Gasteiger partial charge in [0.25, 0.3) is 11.8 Å². The van der Waals surface area contributed by atoms with E-state index in [4.69, 9.17) is 4.74 Å². The number of likely N-dealkylation sites (tertiary alicyclic amines) is 1. The van der Waals surface area contributed by atoms with Crippen LogP contribution in [-0.4, -0.2) is 42.5 Å². The lowest BCUT2D eigenvalue weighted by molar-refractivity contribution is -0.134. The predicted octanol–water partition coefficient (Wildman–Crippen LogP) is 3.55. The van der Waals surface area contributed by atoms with E-state index in [0.717, 1.165) is 22.4 Å². The van der Waals surface area contributed by atoms with E-state index in [9.17, 15) is 14.0 Å². The van der Waals surface area contributed by atoms with Crippen LogP contribution in [0.3, 0.4) is 0 Å². The summed E-state index contributed by atoms with van der Waals surface area (Å²) in [7, 11) is 0. The summed E-state index contributed by atoms with van der Waals surface area (Å²) in [5, 5.41) is 2.87. The molecular weight excluding hydrogens is 371 g/mol. The molecule has 2 aromatic carbocycles. The van der Waals surface area contributed by atoms with Crippen molar-refractivity contribution in [1.82, 2.24) is 10.2 Å². The summed E-state index contributed by atoms with van der Waals surface area (Å²) < 4.78 is 19.6. The van der Waals surface area contributed by atoms with Gasteiger partial charge in [-0.15, -0.1) is 0 Å². The molecule has 154 valence electrons. The maximum absolute atomic E-state index is 13.7. The summed E-state index contributed by atoms with van der Waals surface area (Å²) in [4.78, 5) is 26.5. The van der Waals surface area contributed by atoms with E-state index < -0.39 is 11.7 Å². The Balaban J connectivity index is 1.49. The number of nitrogens with zero attached hydrogens (tertiary/aromatic N) is 1. The van der Waals surface area contributed by atoms with Crippen LogP contribution in [-0.2, 0) is 4.79 Å². The first-order chi connectivity index (χ1) is 13.9. The van der Waals surface area contributed by atoms with Crippen LogP contribution in [0.15, 0.2) is 36.4 Å². The highest BCUT2D eigenvalue weighted by Crippen LogP contribution is 2.25. The average Bonchev–Trinajstić information content (AvgIpc) is 2.71. The lowest BCUT2D eigenvalue weighted by Gasteiger charge is -2.32. The van der Waals surface area contributed by atoms with Crippen LogP contribution >= 0.6 is 0 Å². The van der Waals surface area contributed by atoms with Crippen molar-refractivity contribution in [2.24, 2.45) is 0 Å². The standard InChI is InChI=1S/C23H27FN2O3/c1-15-8-9-16(2)22(17(15)3)29-14-21(27)26-12-10-18(11-13-26)25-23(28)19-6-4-5-7-20(19)24/h4-9,18H,10-14H2,1-3H3,(H,25,28). The second kappa shape index (κ2) is 9.07. The van der Waals surface area contributed by atoms with Crippen molar-refractivity contribution in [3.63, 3.8) is 0 Å². The lowest BCUT2D eigenvalue weighted by atomic mass is 10.0. The molecule has 0 spiro atoms. The molecule has 1 heterocycles. The van der Waals surface area contributed by atoms with E-state index in [1.807, 2.05) is 32.9 Å². The Hall–Kier alpha value is -2.89. The largest absolute Gasteiger partial charge is 0.483 e. The fourth-order valence-electron chi connectivity index (χ4n) is 3.55. The van der Waals surface area contributed by atoms with E-state index in [1.165, 1.54) is 12.1 Å². The minimum atomic E-state index is -0.531. The molecule has 1 fully saturated rings. The van der Waals surface area contributed by atoms with Gasteiger partial charge in [-0.3, -0.25) is 9.59 Å². The van der Waals surface area contributed by atoms with Crippen molar-refractivity contribution in [3.8, 4) is 5.75 Å². The fraction of sp³-hybridized carbons (Fsp3) is 0.391. The van der Waals surface area contributed by atoms with Crippen molar-refractivity contribution >= 4 is 11.8 Å². The highest BCUT2D eigenvalue weighted by atomic mass is 19.1. The van der Waals surface area contributed by atoms with Crippen molar-refractivity contribution in [2.45, 2.75) is 39.7 Å². The summed E-state index contributed by atoms with van der Waals surface area (Å²) in [6, 6.07) is 9.89. The second-order valence-electron chi connectivity index (χ2n) is 7.55. The molecule has 1 N–H and O–H groups in total. The zero-order valence-electron chi connectivity index (χ0n) is 17.1. The van der Waals surface area contributed by atoms with Gasteiger partial charge in [-0.1, -0.05) is 24.3 Å². The summed E-state index contributed by atoms with van der Waals surface area (Å²) in [5.41, 5.74) is 3.23. The maximum atomic E-state index is 13.7.